The summed E-state index contributed by atoms with van der Waals surface area (Å²) in [6, 6.07) is 5.23. The maximum absolute atomic E-state index is 11.0. The molecule has 0 unspecified atom stereocenters. The summed E-state index contributed by atoms with van der Waals surface area (Å²) in [5.74, 6) is -0.798. The van der Waals surface area contributed by atoms with Gasteiger partial charge in [0.05, 0.1) is 10.9 Å². The molecule has 0 aliphatic carbocycles. The molecule has 0 saturated heterocycles. The average Bonchev–Trinajstić information content (AvgIpc) is 2.29. The molecule has 1 aromatic carbocycles. The highest BCUT2D eigenvalue weighted by molar-refractivity contribution is 6.74. The second-order valence-corrected chi connectivity index (χ2v) is 11.7. The van der Waals surface area contributed by atoms with Crippen LogP contribution < -0.4 is 4.43 Å². The zero-order valence-electron chi connectivity index (χ0n) is 13.0. The van der Waals surface area contributed by atoms with E-state index in [0.717, 1.165) is 0 Å². The molecule has 0 aliphatic rings. The van der Waals surface area contributed by atoms with E-state index in [1.807, 2.05) is 0 Å². The quantitative estimate of drug-likeness (QED) is 0.803. The molecular formula is C15H23ClO3Si. The predicted molar refractivity (Wildman–Crippen MR) is 85.3 cm³/mol. The van der Waals surface area contributed by atoms with E-state index >= 15 is 0 Å². The summed E-state index contributed by atoms with van der Waals surface area (Å²) in [6.45, 7) is 12.4. The lowest BCUT2D eigenvalue weighted by Crippen LogP contribution is -2.43. The average molecular weight is 315 g/mol. The molecule has 0 saturated carbocycles. The van der Waals surface area contributed by atoms with E-state index < -0.39 is 20.2 Å². The van der Waals surface area contributed by atoms with Crippen LogP contribution in [0.1, 0.15) is 39.2 Å². The highest BCUT2D eigenvalue weighted by atomic mass is 35.5. The first-order valence-corrected chi connectivity index (χ1v) is 9.95. The largest absolute Gasteiger partial charge is 0.543 e. The lowest BCUT2D eigenvalue weighted by molar-refractivity contribution is -0.138. The molecule has 0 bridgehead atoms. The van der Waals surface area contributed by atoms with Crippen molar-refractivity contribution in [1.29, 1.82) is 0 Å². The third-order valence-electron chi connectivity index (χ3n) is 4.00. The van der Waals surface area contributed by atoms with Crippen LogP contribution in [0.5, 0.6) is 5.75 Å². The normalized spacial score (nSPS) is 13.9. The first-order chi connectivity index (χ1) is 8.95. The van der Waals surface area contributed by atoms with Crippen LogP contribution in [0, 0.1) is 0 Å². The fourth-order valence-electron chi connectivity index (χ4n) is 1.44. The molecule has 0 amide bonds. The summed E-state index contributed by atoms with van der Waals surface area (Å²) < 4.78 is 6.15. The van der Waals surface area contributed by atoms with Gasteiger partial charge in [0.25, 0.3) is 8.32 Å². The van der Waals surface area contributed by atoms with Gasteiger partial charge in [0, 0.05) is 0 Å². The number of aliphatic carboxylic acids is 1. The van der Waals surface area contributed by atoms with Crippen molar-refractivity contribution in [3.05, 3.63) is 28.8 Å². The van der Waals surface area contributed by atoms with Gasteiger partial charge in [-0.2, -0.15) is 0 Å². The molecular weight excluding hydrogens is 292 g/mol. The van der Waals surface area contributed by atoms with Crippen molar-refractivity contribution in [3.8, 4) is 5.75 Å². The molecule has 0 fully saturated rings. The van der Waals surface area contributed by atoms with Gasteiger partial charge in [-0.25, -0.2) is 0 Å². The minimum Gasteiger partial charge on any atom is -0.543 e. The van der Waals surface area contributed by atoms with Crippen LogP contribution in [0.4, 0.5) is 0 Å². The molecule has 0 heterocycles. The van der Waals surface area contributed by atoms with E-state index in [1.165, 1.54) is 0 Å². The van der Waals surface area contributed by atoms with Gasteiger partial charge in [-0.3, -0.25) is 4.79 Å². The Morgan fingerprint density at radius 3 is 2.30 bits per heavy atom. The number of halogens is 1. The second kappa shape index (κ2) is 5.78. The first kappa shape index (κ1) is 17.0. The highest BCUT2D eigenvalue weighted by Crippen LogP contribution is 2.39. The summed E-state index contributed by atoms with van der Waals surface area (Å²) >= 11 is 6.24. The Kier molecular flexibility index (Phi) is 4.93. The number of benzene rings is 1. The van der Waals surface area contributed by atoms with Crippen LogP contribution in [-0.2, 0) is 4.79 Å². The Bertz CT molecular complexity index is 506. The number of carboxylic acids is 1. The summed E-state index contributed by atoms with van der Waals surface area (Å²) in [6.07, 6.45) is 0. The third-order valence-corrected chi connectivity index (χ3v) is 8.64. The predicted octanol–water partition coefficient (Wildman–Crippen LogP) is 4.91. The van der Waals surface area contributed by atoms with Crippen LogP contribution in [0.3, 0.4) is 0 Å². The number of hydrogen-bond donors (Lipinski definition) is 1. The van der Waals surface area contributed by atoms with Crippen molar-refractivity contribution in [3.63, 3.8) is 0 Å². The van der Waals surface area contributed by atoms with Gasteiger partial charge in [0.1, 0.15) is 5.75 Å². The van der Waals surface area contributed by atoms with Crippen molar-refractivity contribution in [2.75, 3.05) is 0 Å². The van der Waals surface area contributed by atoms with Crippen LogP contribution in [0.2, 0.25) is 23.2 Å². The van der Waals surface area contributed by atoms with Gasteiger partial charge >= 0.3 is 5.97 Å². The van der Waals surface area contributed by atoms with Crippen molar-refractivity contribution in [2.45, 2.75) is 51.7 Å². The van der Waals surface area contributed by atoms with Gasteiger partial charge in [-0.1, -0.05) is 38.4 Å². The molecule has 0 aliphatic heterocycles. The standard InChI is InChI=1S/C15H23ClO3Si/c1-10(14(17)18)11-7-8-13(12(16)9-11)19-20(5,6)15(2,3)4/h7-10H,1-6H3,(H,17,18)/t10-/m0/s1. The Balaban J connectivity index is 3.03. The van der Waals surface area contributed by atoms with E-state index in [2.05, 4.69) is 33.9 Å². The smallest absolute Gasteiger partial charge is 0.310 e. The van der Waals surface area contributed by atoms with Gasteiger partial charge in [0.15, 0.2) is 0 Å². The molecule has 0 spiro atoms. The Morgan fingerprint density at radius 1 is 1.35 bits per heavy atom. The maximum Gasteiger partial charge on any atom is 0.310 e. The van der Waals surface area contributed by atoms with Crippen molar-refractivity contribution >= 4 is 25.9 Å². The van der Waals surface area contributed by atoms with E-state index in [9.17, 15) is 4.79 Å². The van der Waals surface area contributed by atoms with E-state index in [1.54, 1.807) is 25.1 Å². The molecule has 0 aromatic heterocycles. The number of hydrogen-bond acceptors (Lipinski definition) is 2. The molecule has 3 nitrogen and oxygen atoms in total. The first-order valence-electron chi connectivity index (χ1n) is 6.67. The van der Waals surface area contributed by atoms with Crippen LogP contribution >= 0.6 is 11.6 Å². The van der Waals surface area contributed by atoms with Gasteiger partial charge in [0.2, 0.25) is 0 Å². The minimum absolute atomic E-state index is 0.0867. The van der Waals surface area contributed by atoms with Gasteiger partial charge in [-0.05, 0) is 42.8 Å². The highest BCUT2D eigenvalue weighted by Gasteiger charge is 2.39. The number of carboxylic acid groups (broad SMARTS) is 1. The topological polar surface area (TPSA) is 46.5 Å². The van der Waals surface area contributed by atoms with Crippen molar-refractivity contribution < 1.29 is 14.3 Å². The Hall–Kier alpha value is -1.00. The lowest BCUT2D eigenvalue weighted by atomic mass is 10.0. The maximum atomic E-state index is 11.0. The Labute approximate surface area is 127 Å². The van der Waals surface area contributed by atoms with E-state index in [0.29, 0.717) is 16.3 Å². The molecule has 1 N–H and O–H groups in total. The molecule has 0 radical (unpaired) electrons. The number of rotatable bonds is 4. The van der Waals surface area contributed by atoms with Crippen LogP contribution in [-0.4, -0.2) is 19.4 Å². The third kappa shape index (κ3) is 3.76. The fraction of sp³-hybridized carbons (Fsp3) is 0.533. The summed E-state index contributed by atoms with van der Waals surface area (Å²) in [4.78, 5) is 11.0. The summed E-state index contributed by atoms with van der Waals surface area (Å²) in [7, 11) is -1.94. The monoisotopic (exact) mass is 314 g/mol. The molecule has 112 valence electrons. The van der Waals surface area contributed by atoms with E-state index in [4.69, 9.17) is 21.1 Å². The van der Waals surface area contributed by atoms with E-state index in [-0.39, 0.29) is 5.04 Å². The Morgan fingerprint density at radius 2 is 1.90 bits per heavy atom. The zero-order chi connectivity index (χ0) is 15.7. The SMILES string of the molecule is C[C@H](C(=O)O)c1ccc(O[Si](C)(C)C(C)(C)C)c(Cl)c1. The molecule has 20 heavy (non-hydrogen) atoms. The number of carbonyl (C=O) groups is 1. The van der Waals surface area contributed by atoms with Crippen molar-refractivity contribution in [2.24, 2.45) is 0 Å². The second-order valence-electron chi connectivity index (χ2n) is 6.61. The van der Waals surface area contributed by atoms with Crippen molar-refractivity contribution in [1.82, 2.24) is 0 Å². The molecule has 1 rings (SSSR count). The molecule has 1 aromatic rings. The molecule has 5 heteroatoms. The zero-order valence-corrected chi connectivity index (χ0v) is 14.7. The van der Waals surface area contributed by atoms with Crippen LogP contribution in [0.15, 0.2) is 18.2 Å². The van der Waals surface area contributed by atoms with Crippen LogP contribution in [0.25, 0.3) is 0 Å². The fourth-order valence-corrected chi connectivity index (χ4v) is 2.77. The summed E-state index contributed by atoms with van der Waals surface area (Å²) in [5, 5.41) is 9.58. The minimum atomic E-state index is -1.94. The van der Waals surface area contributed by atoms with Gasteiger partial charge in [-0.15, -0.1) is 0 Å². The van der Waals surface area contributed by atoms with Gasteiger partial charge < -0.3 is 9.53 Å². The lowest BCUT2D eigenvalue weighted by Gasteiger charge is -2.36. The summed E-state index contributed by atoms with van der Waals surface area (Å²) in [5.41, 5.74) is 0.685. The molecule has 1 atom stereocenters.